The lowest BCUT2D eigenvalue weighted by molar-refractivity contribution is 0.141. The monoisotopic (exact) mass is 323 g/mol. The minimum absolute atomic E-state index is 0.228. The summed E-state index contributed by atoms with van der Waals surface area (Å²) in [5.74, 6) is 0. The molecule has 2 aromatic carbocycles. The van der Waals surface area contributed by atoms with Crippen molar-refractivity contribution in [2.45, 2.75) is 6.61 Å². The predicted octanol–water partition coefficient (Wildman–Crippen LogP) is 2.80. The number of hydrogen-bond acceptors (Lipinski definition) is 3. The Morgan fingerprint density at radius 3 is 2.71 bits per heavy atom. The average molecular weight is 323 g/mol. The van der Waals surface area contributed by atoms with Gasteiger partial charge in [-0.15, -0.1) is 0 Å². The highest BCUT2D eigenvalue weighted by atomic mass is 16.5. The molecule has 1 amide bonds. The number of carbonyl (C=O) groups excluding carboxylic acids is 1. The van der Waals surface area contributed by atoms with Crippen LogP contribution in [0, 0.1) is 0 Å². The fourth-order valence-corrected chi connectivity index (χ4v) is 2.27. The fourth-order valence-electron chi connectivity index (χ4n) is 2.27. The second-order valence-electron chi connectivity index (χ2n) is 5.23. The van der Waals surface area contributed by atoms with Crippen molar-refractivity contribution in [3.63, 3.8) is 0 Å². The lowest BCUT2D eigenvalue weighted by Crippen LogP contribution is -2.24. The first-order chi connectivity index (χ1) is 11.7. The first-order valence-corrected chi connectivity index (χ1v) is 7.54. The number of benzene rings is 2. The summed E-state index contributed by atoms with van der Waals surface area (Å²) in [6.07, 6.45) is 3.21. The molecule has 0 saturated carbocycles. The summed E-state index contributed by atoms with van der Waals surface area (Å²) in [6.45, 7) is 0.600. The number of imidazole rings is 1. The maximum atomic E-state index is 11.6. The van der Waals surface area contributed by atoms with Crippen LogP contribution in [0.1, 0.15) is 11.1 Å². The number of nitrogens with one attached hydrogen (secondary N) is 3. The van der Waals surface area contributed by atoms with E-state index in [0.717, 1.165) is 22.2 Å². The summed E-state index contributed by atoms with van der Waals surface area (Å²) in [4.78, 5) is 28.2. The van der Waals surface area contributed by atoms with Crippen molar-refractivity contribution in [1.82, 2.24) is 15.3 Å². The van der Waals surface area contributed by atoms with Gasteiger partial charge in [0.1, 0.15) is 6.61 Å². The van der Waals surface area contributed by atoms with Gasteiger partial charge in [0.25, 0.3) is 0 Å². The quantitative estimate of drug-likeness (QED) is 0.675. The van der Waals surface area contributed by atoms with Gasteiger partial charge in [-0.25, -0.2) is 9.59 Å². The normalized spacial score (nSPS) is 11.0. The van der Waals surface area contributed by atoms with Crippen LogP contribution < -0.4 is 11.0 Å². The summed E-state index contributed by atoms with van der Waals surface area (Å²) < 4.78 is 5.11. The molecule has 0 fully saturated rings. The zero-order valence-electron chi connectivity index (χ0n) is 12.9. The van der Waals surface area contributed by atoms with Crippen LogP contribution >= 0.6 is 0 Å². The van der Waals surface area contributed by atoms with E-state index in [9.17, 15) is 9.59 Å². The molecule has 0 saturated heterocycles. The molecule has 3 N–H and O–H groups in total. The SMILES string of the molecule is O=C(NCC=Cc1ccc2[nH]c(=O)[nH]c2c1)OCc1ccccc1. The summed E-state index contributed by atoms with van der Waals surface area (Å²) in [6, 6.07) is 15.1. The molecule has 0 atom stereocenters. The van der Waals surface area contributed by atoms with Gasteiger partial charge in [0.05, 0.1) is 11.0 Å². The molecule has 6 nitrogen and oxygen atoms in total. The van der Waals surface area contributed by atoms with Gasteiger partial charge < -0.3 is 20.0 Å². The van der Waals surface area contributed by atoms with E-state index >= 15 is 0 Å². The Bertz CT molecular complexity index is 910. The molecular weight excluding hydrogens is 306 g/mol. The number of carbonyl (C=O) groups is 1. The van der Waals surface area contributed by atoms with Crippen LogP contribution in [0.25, 0.3) is 17.1 Å². The van der Waals surface area contributed by atoms with E-state index in [1.165, 1.54) is 0 Å². The van der Waals surface area contributed by atoms with Gasteiger partial charge >= 0.3 is 11.8 Å². The Morgan fingerprint density at radius 1 is 1.08 bits per heavy atom. The lowest BCUT2D eigenvalue weighted by atomic mass is 10.2. The van der Waals surface area contributed by atoms with Crippen LogP contribution in [0.3, 0.4) is 0 Å². The van der Waals surface area contributed by atoms with Crippen LogP contribution in [0.5, 0.6) is 0 Å². The number of ether oxygens (including phenoxy) is 1. The molecule has 0 aliphatic heterocycles. The van der Waals surface area contributed by atoms with E-state index < -0.39 is 6.09 Å². The van der Waals surface area contributed by atoms with Crippen molar-refractivity contribution >= 4 is 23.2 Å². The Balaban J connectivity index is 1.47. The fraction of sp³-hybridized carbons (Fsp3) is 0.111. The summed E-state index contributed by atoms with van der Waals surface area (Å²) in [7, 11) is 0. The molecule has 122 valence electrons. The second-order valence-corrected chi connectivity index (χ2v) is 5.23. The Hall–Kier alpha value is -3.28. The molecule has 0 spiro atoms. The predicted molar refractivity (Wildman–Crippen MR) is 92.6 cm³/mol. The standard InChI is InChI=1S/C18H17N3O3/c22-17-20-15-9-8-13(11-16(15)21-17)7-4-10-19-18(23)24-12-14-5-2-1-3-6-14/h1-9,11H,10,12H2,(H,19,23)(H2,20,21,22). The second kappa shape index (κ2) is 7.32. The summed E-state index contributed by atoms with van der Waals surface area (Å²) >= 11 is 0. The Kier molecular flexibility index (Phi) is 4.76. The zero-order chi connectivity index (χ0) is 16.8. The minimum atomic E-state index is -0.464. The van der Waals surface area contributed by atoms with Crippen LogP contribution in [0.2, 0.25) is 0 Å². The average Bonchev–Trinajstić information content (AvgIpc) is 2.97. The first kappa shape index (κ1) is 15.6. The first-order valence-electron chi connectivity index (χ1n) is 7.54. The third-order valence-electron chi connectivity index (χ3n) is 3.43. The van der Waals surface area contributed by atoms with Crippen molar-refractivity contribution in [1.29, 1.82) is 0 Å². The van der Waals surface area contributed by atoms with Gasteiger partial charge in [0.15, 0.2) is 0 Å². The lowest BCUT2D eigenvalue weighted by Gasteiger charge is -2.05. The van der Waals surface area contributed by atoms with E-state index in [2.05, 4.69) is 15.3 Å². The van der Waals surface area contributed by atoms with Crippen LogP contribution in [-0.4, -0.2) is 22.6 Å². The van der Waals surface area contributed by atoms with Crippen molar-refractivity contribution in [3.8, 4) is 0 Å². The van der Waals surface area contributed by atoms with Gasteiger partial charge in [0.2, 0.25) is 0 Å². The highest BCUT2D eigenvalue weighted by Crippen LogP contribution is 2.11. The summed E-state index contributed by atoms with van der Waals surface area (Å²) in [5, 5.41) is 2.65. The molecule has 3 rings (SSSR count). The third-order valence-corrected chi connectivity index (χ3v) is 3.43. The number of H-pyrrole nitrogens is 2. The number of alkyl carbamates (subject to hydrolysis) is 1. The van der Waals surface area contributed by atoms with Gasteiger partial charge in [-0.3, -0.25) is 0 Å². The largest absolute Gasteiger partial charge is 0.445 e. The minimum Gasteiger partial charge on any atom is -0.445 e. The maximum absolute atomic E-state index is 11.6. The smallest absolute Gasteiger partial charge is 0.407 e. The van der Waals surface area contributed by atoms with E-state index in [-0.39, 0.29) is 12.3 Å². The molecule has 6 heteroatoms. The van der Waals surface area contributed by atoms with E-state index in [4.69, 9.17) is 4.74 Å². The van der Waals surface area contributed by atoms with Crippen molar-refractivity contribution in [2.24, 2.45) is 0 Å². The molecule has 3 aromatic rings. The van der Waals surface area contributed by atoms with Crippen LogP contribution in [0.4, 0.5) is 4.79 Å². The number of fused-ring (bicyclic) bond motifs is 1. The van der Waals surface area contributed by atoms with Crippen molar-refractivity contribution < 1.29 is 9.53 Å². The zero-order valence-corrected chi connectivity index (χ0v) is 12.9. The molecule has 0 aliphatic carbocycles. The molecule has 1 heterocycles. The number of hydrogen-bond donors (Lipinski definition) is 3. The molecule has 0 radical (unpaired) electrons. The number of rotatable bonds is 5. The topological polar surface area (TPSA) is 87.0 Å². The van der Waals surface area contributed by atoms with Gasteiger partial charge in [-0.1, -0.05) is 48.6 Å². The highest BCUT2D eigenvalue weighted by molar-refractivity contribution is 5.77. The molecule has 0 unspecified atom stereocenters. The Morgan fingerprint density at radius 2 is 1.88 bits per heavy atom. The van der Waals surface area contributed by atoms with E-state index in [0.29, 0.717) is 6.54 Å². The van der Waals surface area contributed by atoms with Crippen LogP contribution in [0.15, 0.2) is 59.4 Å². The van der Waals surface area contributed by atoms with Gasteiger partial charge in [-0.05, 0) is 23.3 Å². The molecule has 1 aromatic heterocycles. The number of aromatic amines is 2. The van der Waals surface area contributed by atoms with Crippen LogP contribution in [-0.2, 0) is 11.3 Å². The molecular formula is C18H17N3O3. The number of aromatic nitrogens is 2. The van der Waals surface area contributed by atoms with Crippen molar-refractivity contribution in [2.75, 3.05) is 6.54 Å². The third kappa shape index (κ3) is 4.13. The summed E-state index contributed by atoms with van der Waals surface area (Å²) in [5.41, 5.74) is 3.15. The van der Waals surface area contributed by atoms with Gasteiger partial charge in [-0.2, -0.15) is 0 Å². The van der Waals surface area contributed by atoms with Gasteiger partial charge in [0, 0.05) is 6.54 Å². The number of amides is 1. The van der Waals surface area contributed by atoms with E-state index in [1.54, 1.807) is 0 Å². The highest BCUT2D eigenvalue weighted by Gasteiger charge is 2.00. The maximum Gasteiger partial charge on any atom is 0.407 e. The van der Waals surface area contributed by atoms with E-state index in [1.807, 2.05) is 60.7 Å². The Labute approximate surface area is 138 Å². The molecule has 0 bridgehead atoms. The van der Waals surface area contributed by atoms with Crippen molar-refractivity contribution in [3.05, 3.63) is 76.2 Å². The molecule has 24 heavy (non-hydrogen) atoms. The molecule has 0 aliphatic rings.